The molecule has 27 heavy (non-hydrogen) atoms. The number of amides is 1. The summed E-state index contributed by atoms with van der Waals surface area (Å²) < 4.78 is 4.62. The molecule has 0 fully saturated rings. The average Bonchev–Trinajstić information content (AvgIpc) is 2.58. The fourth-order valence-corrected chi connectivity index (χ4v) is 2.83. The first-order valence-corrected chi connectivity index (χ1v) is 11.6. The molecular weight excluding hydrogens is 362 g/mol. The normalized spacial score (nSPS) is 12.4. The largest absolute Gasteiger partial charge is 0.480 e. The summed E-state index contributed by atoms with van der Waals surface area (Å²) in [4.78, 5) is 35.4. The monoisotopic (exact) mass is 389 g/mol. The Hall–Kier alpha value is -2.59. The van der Waals surface area contributed by atoms with Crippen molar-refractivity contribution < 1.29 is 24.2 Å². The predicted molar refractivity (Wildman–Crippen MR) is 106 cm³/mol. The summed E-state index contributed by atoms with van der Waals surface area (Å²) in [5.41, 5.74) is 3.64. The fourth-order valence-electron chi connectivity index (χ4n) is 1.91. The van der Waals surface area contributed by atoms with E-state index in [1.165, 1.54) is 31.4 Å². The number of ether oxygens (including phenoxy) is 1. The Balaban J connectivity index is 2.92. The van der Waals surface area contributed by atoms with E-state index in [2.05, 4.69) is 55.4 Å². The van der Waals surface area contributed by atoms with Crippen molar-refractivity contribution in [1.29, 1.82) is 0 Å². The molecule has 0 saturated heterocycles. The van der Waals surface area contributed by atoms with E-state index in [1.54, 1.807) is 0 Å². The Labute approximate surface area is 161 Å². The number of carbonyl (C=O) groups is 3. The number of rotatable bonds is 5. The quantitative estimate of drug-likeness (QED) is 0.459. The van der Waals surface area contributed by atoms with Crippen LogP contribution in [0.5, 0.6) is 0 Å². The van der Waals surface area contributed by atoms with Crippen LogP contribution in [0.1, 0.15) is 47.9 Å². The second-order valence-electron chi connectivity index (χ2n) is 7.82. The van der Waals surface area contributed by atoms with E-state index in [1.807, 2.05) is 0 Å². The average molecular weight is 390 g/mol. The van der Waals surface area contributed by atoms with E-state index in [-0.39, 0.29) is 22.6 Å². The van der Waals surface area contributed by atoms with Gasteiger partial charge in [-0.25, -0.2) is 9.59 Å². The number of methoxy groups -OCH3 is 1. The molecule has 2 N–H and O–H groups in total. The first kappa shape index (κ1) is 22.4. The molecule has 0 spiro atoms. The third kappa shape index (κ3) is 6.26. The minimum absolute atomic E-state index is 0.0181. The van der Waals surface area contributed by atoms with Crippen molar-refractivity contribution >= 4 is 25.9 Å². The van der Waals surface area contributed by atoms with Crippen LogP contribution in [0.25, 0.3) is 0 Å². The molecule has 146 valence electrons. The van der Waals surface area contributed by atoms with Crippen LogP contribution in [0, 0.1) is 11.5 Å². The van der Waals surface area contributed by atoms with Crippen LogP contribution < -0.4 is 5.32 Å². The molecule has 1 aromatic rings. The standard InChI is InChI=1S/C20H27NO5Si/c1-20(2,3)27(5,6)12-8-11-16(18(23)24)21-17(22)14-9-7-10-15(13-14)19(25)26-4/h7,9-10,13,16H,11H2,1-6H3,(H,21,22)(H,23,24)/t16-/m0/s1. The van der Waals surface area contributed by atoms with Crippen LogP contribution >= 0.6 is 0 Å². The molecule has 6 nitrogen and oxygen atoms in total. The summed E-state index contributed by atoms with van der Waals surface area (Å²) in [6.07, 6.45) is 0.0181. The lowest BCUT2D eigenvalue weighted by Gasteiger charge is -2.31. The first-order chi connectivity index (χ1) is 12.4. The number of benzene rings is 1. The molecular formula is C20H27NO5Si. The number of nitrogens with one attached hydrogen (secondary N) is 1. The van der Waals surface area contributed by atoms with Crippen molar-refractivity contribution in [2.75, 3.05) is 7.11 Å². The van der Waals surface area contributed by atoms with E-state index in [4.69, 9.17) is 0 Å². The highest BCUT2D eigenvalue weighted by molar-refractivity contribution is 6.87. The van der Waals surface area contributed by atoms with Crippen molar-refractivity contribution in [2.45, 2.75) is 51.4 Å². The number of aliphatic carboxylic acids is 1. The molecule has 0 saturated carbocycles. The zero-order valence-corrected chi connectivity index (χ0v) is 17.7. The van der Waals surface area contributed by atoms with E-state index in [0.717, 1.165) is 0 Å². The number of hydrogen-bond acceptors (Lipinski definition) is 4. The van der Waals surface area contributed by atoms with Crippen LogP contribution in [-0.2, 0) is 9.53 Å². The van der Waals surface area contributed by atoms with Gasteiger partial charge in [0.15, 0.2) is 0 Å². The number of hydrogen-bond donors (Lipinski definition) is 2. The van der Waals surface area contributed by atoms with Gasteiger partial charge in [-0.15, -0.1) is 11.5 Å². The maximum Gasteiger partial charge on any atom is 0.337 e. The molecule has 0 radical (unpaired) electrons. The number of carbonyl (C=O) groups excluding carboxylic acids is 2. The summed E-state index contributed by atoms with van der Waals surface area (Å²) in [6.45, 7) is 10.6. The molecule has 0 bridgehead atoms. The number of carboxylic acids is 1. The maximum absolute atomic E-state index is 12.4. The third-order valence-electron chi connectivity index (χ3n) is 4.73. The third-order valence-corrected chi connectivity index (χ3v) is 9.28. The summed E-state index contributed by atoms with van der Waals surface area (Å²) in [5, 5.41) is 11.9. The Morgan fingerprint density at radius 2 is 1.81 bits per heavy atom. The van der Waals surface area contributed by atoms with Crippen molar-refractivity contribution in [3.63, 3.8) is 0 Å². The summed E-state index contributed by atoms with van der Waals surface area (Å²) in [7, 11) is -0.606. The van der Waals surface area contributed by atoms with Gasteiger partial charge in [0.25, 0.3) is 5.91 Å². The predicted octanol–water partition coefficient (Wildman–Crippen LogP) is 3.10. The summed E-state index contributed by atoms with van der Waals surface area (Å²) in [5.74, 6) is 0.645. The second kappa shape index (κ2) is 8.87. The fraction of sp³-hybridized carbons (Fsp3) is 0.450. The molecule has 0 aliphatic carbocycles. The summed E-state index contributed by atoms with van der Waals surface area (Å²) >= 11 is 0. The molecule has 1 rings (SSSR count). The van der Waals surface area contributed by atoms with Gasteiger partial charge in [-0.05, 0) is 23.2 Å². The molecule has 7 heteroatoms. The molecule has 1 atom stereocenters. The van der Waals surface area contributed by atoms with Crippen LogP contribution in [0.15, 0.2) is 24.3 Å². The SMILES string of the molecule is COC(=O)c1cccc(C(=O)N[C@@H](CC#C[Si](C)(C)C(C)(C)C)C(=O)O)c1. The maximum atomic E-state index is 12.4. The first-order valence-electron chi connectivity index (χ1n) is 8.61. The van der Waals surface area contributed by atoms with Gasteiger partial charge in [-0.2, -0.15) is 0 Å². The molecule has 0 heterocycles. The minimum Gasteiger partial charge on any atom is -0.480 e. The number of carboxylic acid groups (broad SMARTS) is 1. The van der Waals surface area contributed by atoms with Crippen LogP contribution in [0.4, 0.5) is 0 Å². The lowest BCUT2D eigenvalue weighted by molar-refractivity contribution is -0.139. The van der Waals surface area contributed by atoms with Gasteiger partial charge >= 0.3 is 11.9 Å². The molecule has 1 amide bonds. The van der Waals surface area contributed by atoms with E-state index in [0.29, 0.717) is 0 Å². The lowest BCUT2D eigenvalue weighted by atomic mass is 10.1. The zero-order chi connectivity index (χ0) is 20.8. The van der Waals surface area contributed by atoms with Crippen molar-refractivity contribution in [3.05, 3.63) is 35.4 Å². The van der Waals surface area contributed by atoms with E-state index < -0.39 is 32.0 Å². The Kier molecular flexibility index (Phi) is 7.37. The smallest absolute Gasteiger partial charge is 0.337 e. The molecule has 0 aromatic heterocycles. The van der Waals surface area contributed by atoms with Gasteiger partial charge in [0, 0.05) is 12.0 Å². The van der Waals surface area contributed by atoms with Crippen LogP contribution in [-0.4, -0.2) is 44.2 Å². The second-order valence-corrected chi connectivity index (χ2v) is 12.8. The highest BCUT2D eigenvalue weighted by atomic mass is 28.3. The Morgan fingerprint density at radius 3 is 2.33 bits per heavy atom. The zero-order valence-electron chi connectivity index (χ0n) is 16.7. The molecule has 0 unspecified atom stereocenters. The van der Waals surface area contributed by atoms with Gasteiger partial charge in [-0.3, -0.25) is 4.79 Å². The molecule has 0 aliphatic rings. The van der Waals surface area contributed by atoms with E-state index in [9.17, 15) is 19.5 Å². The molecule has 0 aliphatic heterocycles. The van der Waals surface area contributed by atoms with Gasteiger partial charge in [-0.1, -0.05) is 39.9 Å². The van der Waals surface area contributed by atoms with Gasteiger partial charge in [0.05, 0.1) is 12.7 Å². The van der Waals surface area contributed by atoms with Gasteiger partial charge in [0.1, 0.15) is 14.1 Å². The molecule has 1 aromatic carbocycles. The highest BCUT2D eigenvalue weighted by Gasteiger charge is 2.33. The minimum atomic E-state index is -1.85. The van der Waals surface area contributed by atoms with Crippen molar-refractivity contribution in [1.82, 2.24) is 5.32 Å². The Bertz CT molecular complexity index is 784. The van der Waals surface area contributed by atoms with Crippen molar-refractivity contribution in [2.24, 2.45) is 0 Å². The van der Waals surface area contributed by atoms with Crippen molar-refractivity contribution in [3.8, 4) is 11.5 Å². The highest BCUT2D eigenvalue weighted by Crippen LogP contribution is 2.35. The van der Waals surface area contributed by atoms with Gasteiger partial charge < -0.3 is 15.2 Å². The number of esters is 1. The van der Waals surface area contributed by atoms with E-state index >= 15 is 0 Å². The topological polar surface area (TPSA) is 92.7 Å². The lowest BCUT2D eigenvalue weighted by Crippen LogP contribution is -2.41. The van der Waals surface area contributed by atoms with Crippen LogP contribution in [0.3, 0.4) is 0 Å². The van der Waals surface area contributed by atoms with Crippen LogP contribution in [0.2, 0.25) is 18.1 Å². The summed E-state index contributed by atoms with van der Waals surface area (Å²) in [6, 6.07) is 4.79. The Morgan fingerprint density at radius 1 is 1.22 bits per heavy atom. The van der Waals surface area contributed by atoms with Gasteiger partial charge in [0.2, 0.25) is 0 Å².